The average molecular weight is 277 g/mol. The number of rotatable bonds is 4. The first-order valence-electron chi connectivity index (χ1n) is 5.72. The van der Waals surface area contributed by atoms with Crippen molar-refractivity contribution in [3.05, 3.63) is 54.1 Å². The summed E-state index contributed by atoms with van der Waals surface area (Å²) in [5, 5.41) is 0. The van der Waals surface area contributed by atoms with Gasteiger partial charge in [-0.2, -0.15) is 0 Å². The number of hydrogen-bond acceptors (Lipinski definition) is 4. The van der Waals surface area contributed by atoms with Crippen LogP contribution in [0.4, 0.5) is 5.69 Å². The van der Waals surface area contributed by atoms with E-state index in [9.17, 15) is 8.42 Å². The van der Waals surface area contributed by atoms with Crippen LogP contribution in [0.15, 0.2) is 53.4 Å². The van der Waals surface area contributed by atoms with Crippen molar-refractivity contribution in [1.82, 2.24) is 0 Å². The third-order valence-corrected chi connectivity index (χ3v) is 3.77. The van der Waals surface area contributed by atoms with E-state index < -0.39 is 9.84 Å². The van der Waals surface area contributed by atoms with Gasteiger partial charge in [-0.15, -0.1) is 0 Å². The molecule has 0 amide bonds. The molecule has 0 aliphatic rings. The first-order valence-corrected chi connectivity index (χ1v) is 7.61. The second-order valence-electron chi connectivity index (χ2n) is 4.27. The van der Waals surface area contributed by atoms with Crippen molar-refractivity contribution in [3.63, 3.8) is 0 Å². The summed E-state index contributed by atoms with van der Waals surface area (Å²) in [6.45, 7) is 0.415. The van der Waals surface area contributed by atoms with Gasteiger partial charge in [0, 0.05) is 11.9 Å². The maximum absolute atomic E-state index is 11.3. The van der Waals surface area contributed by atoms with Gasteiger partial charge in [-0.1, -0.05) is 12.1 Å². The molecule has 2 aromatic rings. The number of anilines is 1. The lowest BCUT2D eigenvalue weighted by atomic mass is 10.2. The topological polar surface area (TPSA) is 69.4 Å². The van der Waals surface area contributed by atoms with Gasteiger partial charge in [-0.25, -0.2) is 8.42 Å². The Morgan fingerprint density at radius 3 is 2.11 bits per heavy atom. The molecule has 2 N–H and O–H groups in total. The molecule has 19 heavy (non-hydrogen) atoms. The predicted molar refractivity (Wildman–Crippen MR) is 74.7 cm³/mol. The Balaban J connectivity index is 2.02. The van der Waals surface area contributed by atoms with E-state index in [1.165, 1.54) is 18.4 Å². The van der Waals surface area contributed by atoms with Crippen molar-refractivity contribution in [2.45, 2.75) is 11.5 Å². The second kappa shape index (κ2) is 5.32. The molecule has 4 nitrogen and oxygen atoms in total. The maximum Gasteiger partial charge on any atom is 0.175 e. The Morgan fingerprint density at radius 2 is 1.58 bits per heavy atom. The van der Waals surface area contributed by atoms with E-state index in [1.807, 2.05) is 24.3 Å². The van der Waals surface area contributed by atoms with Gasteiger partial charge < -0.3 is 10.5 Å². The molecule has 0 saturated heterocycles. The fourth-order valence-corrected chi connectivity index (χ4v) is 2.19. The smallest absolute Gasteiger partial charge is 0.175 e. The Morgan fingerprint density at radius 1 is 1.00 bits per heavy atom. The lowest BCUT2D eigenvalue weighted by Gasteiger charge is -2.07. The maximum atomic E-state index is 11.3. The molecule has 100 valence electrons. The van der Waals surface area contributed by atoms with Crippen LogP contribution >= 0.6 is 0 Å². The third kappa shape index (κ3) is 3.72. The molecule has 0 aromatic heterocycles. The molecular formula is C14H15NO3S. The van der Waals surface area contributed by atoms with Crippen LogP contribution in [0.3, 0.4) is 0 Å². The highest BCUT2D eigenvalue weighted by Gasteiger charge is 2.06. The molecule has 0 aliphatic heterocycles. The molecule has 2 rings (SSSR count). The molecule has 0 aliphatic carbocycles. The molecule has 0 radical (unpaired) electrons. The first-order chi connectivity index (χ1) is 8.95. The molecule has 0 bridgehead atoms. The normalized spacial score (nSPS) is 11.2. The van der Waals surface area contributed by atoms with Crippen LogP contribution in [0.25, 0.3) is 0 Å². The minimum atomic E-state index is -3.16. The van der Waals surface area contributed by atoms with E-state index in [4.69, 9.17) is 10.5 Å². The van der Waals surface area contributed by atoms with E-state index in [0.717, 1.165) is 5.56 Å². The fraction of sp³-hybridized carbons (Fsp3) is 0.143. The standard InChI is InChI=1S/C14H15NO3S/c1-19(16,17)14-8-6-13(7-9-14)18-10-11-2-4-12(15)5-3-11/h2-9H,10,15H2,1H3. The Bertz CT molecular complexity index is 646. The number of nitrogen functional groups attached to an aromatic ring is 1. The molecule has 0 fully saturated rings. The predicted octanol–water partition coefficient (Wildman–Crippen LogP) is 2.25. The van der Waals surface area contributed by atoms with Crippen LogP contribution in [0, 0.1) is 0 Å². The molecule has 0 spiro atoms. The van der Waals surface area contributed by atoms with Gasteiger partial charge in [0.25, 0.3) is 0 Å². The van der Waals surface area contributed by atoms with E-state index in [-0.39, 0.29) is 4.90 Å². The highest BCUT2D eigenvalue weighted by atomic mass is 32.2. The summed E-state index contributed by atoms with van der Waals surface area (Å²) in [5.41, 5.74) is 7.30. The Kier molecular flexibility index (Phi) is 3.76. The van der Waals surface area contributed by atoms with Crippen molar-refractivity contribution >= 4 is 15.5 Å². The van der Waals surface area contributed by atoms with Crippen LogP contribution < -0.4 is 10.5 Å². The minimum absolute atomic E-state index is 0.285. The minimum Gasteiger partial charge on any atom is -0.489 e. The highest BCUT2D eigenvalue weighted by Crippen LogP contribution is 2.17. The zero-order chi connectivity index (χ0) is 13.9. The number of nitrogens with two attached hydrogens (primary N) is 1. The first kappa shape index (κ1) is 13.4. The van der Waals surface area contributed by atoms with Crippen LogP contribution in [0.5, 0.6) is 5.75 Å². The zero-order valence-corrected chi connectivity index (χ0v) is 11.4. The van der Waals surface area contributed by atoms with E-state index >= 15 is 0 Å². The van der Waals surface area contributed by atoms with Gasteiger partial charge >= 0.3 is 0 Å². The Hall–Kier alpha value is -2.01. The van der Waals surface area contributed by atoms with Crippen molar-refractivity contribution in [2.24, 2.45) is 0 Å². The highest BCUT2D eigenvalue weighted by molar-refractivity contribution is 7.90. The van der Waals surface area contributed by atoms with Gasteiger partial charge in [-0.05, 0) is 42.0 Å². The lowest BCUT2D eigenvalue weighted by Crippen LogP contribution is -1.98. The summed E-state index contributed by atoms with van der Waals surface area (Å²) in [7, 11) is -3.16. The quantitative estimate of drug-likeness (QED) is 0.870. The average Bonchev–Trinajstić information content (AvgIpc) is 2.37. The molecule has 2 aromatic carbocycles. The van der Waals surface area contributed by atoms with Crippen LogP contribution in [-0.2, 0) is 16.4 Å². The monoisotopic (exact) mass is 277 g/mol. The van der Waals surface area contributed by atoms with E-state index in [0.29, 0.717) is 18.0 Å². The van der Waals surface area contributed by atoms with Gasteiger partial charge in [0.2, 0.25) is 0 Å². The van der Waals surface area contributed by atoms with E-state index in [2.05, 4.69) is 0 Å². The van der Waals surface area contributed by atoms with Gasteiger partial charge in [0.05, 0.1) is 4.90 Å². The molecule has 0 saturated carbocycles. The number of benzene rings is 2. The molecule has 0 unspecified atom stereocenters. The van der Waals surface area contributed by atoms with E-state index in [1.54, 1.807) is 12.1 Å². The summed E-state index contributed by atoms with van der Waals surface area (Å²) < 4.78 is 28.2. The molecular weight excluding hydrogens is 262 g/mol. The summed E-state index contributed by atoms with van der Waals surface area (Å²) in [4.78, 5) is 0.285. The second-order valence-corrected chi connectivity index (χ2v) is 6.29. The van der Waals surface area contributed by atoms with Crippen molar-refractivity contribution in [3.8, 4) is 5.75 Å². The van der Waals surface area contributed by atoms with Crippen molar-refractivity contribution < 1.29 is 13.2 Å². The lowest BCUT2D eigenvalue weighted by molar-refractivity contribution is 0.306. The van der Waals surface area contributed by atoms with Gasteiger partial charge in [0.1, 0.15) is 12.4 Å². The zero-order valence-electron chi connectivity index (χ0n) is 10.5. The largest absolute Gasteiger partial charge is 0.489 e. The number of sulfone groups is 1. The number of hydrogen-bond donors (Lipinski definition) is 1. The molecule has 0 heterocycles. The third-order valence-electron chi connectivity index (χ3n) is 2.64. The van der Waals surface area contributed by atoms with Crippen LogP contribution in [0.2, 0.25) is 0 Å². The van der Waals surface area contributed by atoms with Crippen molar-refractivity contribution in [1.29, 1.82) is 0 Å². The summed E-state index contributed by atoms with van der Waals surface area (Å²) in [6, 6.07) is 13.8. The SMILES string of the molecule is CS(=O)(=O)c1ccc(OCc2ccc(N)cc2)cc1. The van der Waals surface area contributed by atoms with Gasteiger partial charge in [0.15, 0.2) is 9.84 Å². The Labute approximate surface area is 112 Å². The molecule has 0 atom stereocenters. The van der Waals surface area contributed by atoms with Crippen LogP contribution in [0.1, 0.15) is 5.56 Å². The summed E-state index contributed by atoms with van der Waals surface area (Å²) in [6.07, 6.45) is 1.18. The summed E-state index contributed by atoms with van der Waals surface area (Å²) in [5.74, 6) is 0.629. The van der Waals surface area contributed by atoms with Crippen LogP contribution in [-0.4, -0.2) is 14.7 Å². The summed E-state index contributed by atoms with van der Waals surface area (Å²) >= 11 is 0. The van der Waals surface area contributed by atoms with Gasteiger partial charge in [-0.3, -0.25) is 0 Å². The number of ether oxygens (including phenoxy) is 1. The fourth-order valence-electron chi connectivity index (χ4n) is 1.56. The molecule has 5 heteroatoms. The van der Waals surface area contributed by atoms with Crippen molar-refractivity contribution in [2.75, 3.05) is 12.0 Å².